The number of rotatable bonds is 6. The third-order valence-corrected chi connectivity index (χ3v) is 7.62. The van der Waals surface area contributed by atoms with Crippen molar-refractivity contribution >= 4 is 28.6 Å². The second kappa shape index (κ2) is 9.32. The van der Waals surface area contributed by atoms with Gasteiger partial charge in [-0.15, -0.1) is 0 Å². The van der Waals surface area contributed by atoms with E-state index in [2.05, 4.69) is 26.7 Å². The Morgan fingerprint density at radius 3 is 2.54 bits per heavy atom. The summed E-state index contributed by atoms with van der Waals surface area (Å²) in [5.74, 6) is -2.82. The van der Waals surface area contributed by atoms with Gasteiger partial charge in [0.15, 0.2) is 0 Å². The lowest BCUT2D eigenvalue weighted by atomic mass is 9.85. The highest BCUT2D eigenvalue weighted by Crippen LogP contribution is 2.65. The van der Waals surface area contributed by atoms with Gasteiger partial charge in [-0.3, -0.25) is 24.4 Å². The molecule has 5 atom stereocenters. The standard InChI is InChI=1S/C26H30F2N6O3/c1-25(2,3)20(33-23(36)21(27)28)24(37)34-12-15-17(26(15,4)5)19(34)22(35)32-16(9-29)14-11-30-10-13-7-6-8-31-18(13)14/h6-8,10-11,15-17,19-21H,12H2,1-5H3,(H,32,35)(H,33,36)/t15-,16?,17-,19-,20?/m0/s1. The molecule has 1 saturated heterocycles. The molecule has 4 rings (SSSR count). The van der Waals surface area contributed by atoms with Crippen molar-refractivity contribution in [1.29, 1.82) is 5.26 Å². The number of nitrogens with one attached hydrogen (secondary N) is 2. The number of alkyl halides is 2. The third kappa shape index (κ3) is 4.72. The van der Waals surface area contributed by atoms with E-state index in [1.54, 1.807) is 45.3 Å². The summed E-state index contributed by atoms with van der Waals surface area (Å²) in [5, 5.41) is 15.5. The van der Waals surface area contributed by atoms with Crippen molar-refractivity contribution < 1.29 is 23.2 Å². The largest absolute Gasteiger partial charge is 0.339 e. The van der Waals surface area contributed by atoms with Crippen molar-refractivity contribution in [2.75, 3.05) is 6.54 Å². The van der Waals surface area contributed by atoms with Crippen molar-refractivity contribution in [2.45, 2.75) is 59.2 Å². The van der Waals surface area contributed by atoms with Gasteiger partial charge in [0.2, 0.25) is 11.8 Å². The zero-order valence-corrected chi connectivity index (χ0v) is 21.3. The Kier molecular flexibility index (Phi) is 6.65. The van der Waals surface area contributed by atoms with E-state index in [0.717, 1.165) is 0 Å². The zero-order valence-electron chi connectivity index (χ0n) is 21.3. The number of aromatic nitrogens is 2. The Balaban J connectivity index is 1.63. The van der Waals surface area contributed by atoms with Crippen LogP contribution < -0.4 is 10.6 Å². The summed E-state index contributed by atoms with van der Waals surface area (Å²) in [6.45, 7) is 9.23. The molecule has 1 saturated carbocycles. The maximum atomic E-state index is 13.7. The van der Waals surface area contributed by atoms with Crippen LogP contribution >= 0.6 is 0 Å². The number of hydrogen-bond donors (Lipinski definition) is 2. The van der Waals surface area contributed by atoms with E-state index in [1.807, 2.05) is 13.8 Å². The molecule has 2 fully saturated rings. The van der Waals surface area contributed by atoms with Gasteiger partial charge in [-0.1, -0.05) is 34.6 Å². The molecule has 0 radical (unpaired) electrons. The van der Waals surface area contributed by atoms with Crippen molar-refractivity contribution in [3.05, 3.63) is 36.3 Å². The van der Waals surface area contributed by atoms with Gasteiger partial charge in [-0.2, -0.15) is 14.0 Å². The van der Waals surface area contributed by atoms with E-state index in [4.69, 9.17) is 0 Å². The number of halogens is 2. The minimum Gasteiger partial charge on any atom is -0.339 e. The number of fused-ring (bicyclic) bond motifs is 2. The minimum atomic E-state index is -3.28. The van der Waals surface area contributed by atoms with E-state index in [1.165, 1.54) is 11.1 Å². The molecule has 37 heavy (non-hydrogen) atoms. The lowest BCUT2D eigenvalue weighted by molar-refractivity contribution is -0.147. The molecular formula is C26H30F2N6O3. The van der Waals surface area contributed by atoms with Crippen LogP contribution in [-0.4, -0.2) is 57.6 Å². The maximum absolute atomic E-state index is 13.7. The van der Waals surface area contributed by atoms with Gasteiger partial charge >= 0.3 is 6.43 Å². The zero-order chi connectivity index (χ0) is 27.3. The number of pyridine rings is 2. The number of nitriles is 1. The molecule has 196 valence electrons. The number of carbonyl (C=O) groups excluding carboxylic acids is 3. The van der Waals surface area contributed by atoms with Crippen LogP contribution in [0.15, 0.2) is 30.7 Å². The van der Waals surface area contributed by atoms with Crippen LogP contribution in [0.3, 0.4) is 0 Å². The summed E-state index contributed by atoms with van der Waals surface area (Å²) in [4.78, 5) is 49.0. The first-order valence-corrected chi connectivity index (χ1v) is 12.1. The first-order chi connectivity index (χ1) is 17.3. The molecule has 1 aliphatic carbocycles. The fraction of sp³-hybridized carbons (Fsp3) is 0.538. The van der Waals surface area contributed by atoms with Gasteiger partial charge in [-0.05, 0) is 34.8 Å². The summed E-state index contributed by atoms with van der Waals surface area (Å²) in [5.41, 5.74) is -0.156. The van der Waals surface area contributed by atoms with Gasteiger partial charge in [0.05, 0.1) is 11.6 Å². The molecule has 0 bridgehead atoms. The van der Waals surface area contributed by atoms with Gasteiger partial charge < -0.3 is 15.5 Å². The van der Waals surface area contributed by atoms with Crippen molar-refractivity contribution in [1.82, 2.24) is 25.5 Å². The molecule has 2 N–H and O–H groups in total. The second-order valence-electron chi connectivity index (χ2n) is 11.4. The topological polar surface area (TPSA) is 128 Å². The highest BCUT2D eigenvalue weighted by Gasteiger charge is 2.69. The lowest BCUT2D eigenvalue weighted by Gasteiger charge is -2.37. The van der Waals surface area contributed by atoms with Gasteiger partial charge in [0.25, 0.3) is 5.91 Å². The highest BCUT2D eigenvalue weighted by atomic mass is 19.3. The van der Waals surface area contributed by atoms with Crippen molar-refractivity contribution in [3.63, 3.8) is 0 Å². The molecule has 2 aliphatic rings. The molecule has 11 heteroatoms. The normalized spacial score (nSPS) is 23.6. The Labute approximate surface area is 213 Å². The Hall–Kier alpha value is -3.68. The average molecular weight is 513 g/mol. The molecule has 2 aromatic rings. The van der Waals surface area contributed by atoms with Crippen LogP contribution in [0.2, 0.25) is 0 Å². The van der Waals surface area contributed by atoms with E-state index >= 15 is 0 Å². The fourth-order valence-electron chi connectivity index (χ4n) is 5.47. The summed E-state index contributed by atoms with van der Waals surface area (Å²) in [7, 11) is 0. The summed E-state index contributed by atoms with van der Waals surface area (Å²) in [6.07, 6.45) is 1.39. The SMILES string of the molecule is CC(C)(C)C(NC(=O)C(F)F)C(=O)N1C[C@H]2[C@@H]([C@H]1C(=O)NC(C#N)c1cncc3cccnc13)C2(C)C. The highest BCUT2D eigenvalue weighted by molar-refractivity contribution is 5.95. The van der Waals surface area contributed by atoms with Crippen LogP contribution in [0, 0.1) is 34.0 Å². The van der Waals surface area contributed by atoms with Gasteiger partial charge in [-0.25, -0.2) is 0 Å². The lowest BCUT2D eigenvalue weighted by Crippen LogP contribution is -2.60. The summed E-state index contributed by atoms with van der Waals surface area (Å²) < 4.78 is 26.0. The second-order valence-corrected chi connectivity index (χ2v) is 11.4. The molecular weight excluding hydrogens is 482 g/mol. The Morgan fingerprint density at radius 2 is 1.92 bits per heavy atom. The number of carbonyl (C=O) groups is 3. The van der Waals surface area contributed by atoms with Crippen LogP contribution in [-0.2, 0) is 14.4 Å². The predicted molar refractivity (Wildman–Crippen MR) is 130 cm³/mol. The van der Waals surface area contributed by atoms with E-state index in [9.17, 15) is 28.4 Å². The van der Waals surface area contributed by atoms with Crippen molar-refractivity contribution in [2.24, 2.45) is 22.7 Å². The first kappa shape index (κ1) is 26.4. The fourth-order valence-corrected chi connectivity index (χ4v) is 5.47. The molecule has 0 aromatic carbocycles. The monoisotopic (exact) mass is 512 g/mol. The summed E-state index contributed by atoms with van der Waals surface area (Å²) in [6, 6.07) is 2.36. The molecule has 3 heterocycles. The van der Waals surface area contributed by atoms with E-state index in [0.29, 0.717) is 16.5 Å². The van der Waals surface area contributed by atoms with Gasteiger partial charge in [0, 0.05) is 36.1 Å². The molecule has 9 nitrogen and oxygen atoms in total. The molecule has 3 amide bonds. The van der Waals surface area contributed by atoms with Crippen LogP contribution in [0.25, 0.3) is 10.9 Å². The number of piperidine rings is 1. The Bertz CT molecular complexity index is 1280. The minimum absolute atomic E-state index is 0.0278. The van der Waals surface area contributed by atoms with Crippen LogP contribution in [0.5, 0.6) is 0 Å². The number of amides is 3. The van der Waals surface area contributed by atoms with Crippen molar-refractivity contribution in [3.8, 4) is 6.07 Å². The Morgan fingerprint density at radius 1 is 1.22 bits per heavy atom. The maximum Gasteiger partial charge on any atom is 0.315 e. The molecule has 2 aromatic heterocycles. The predicted octanol–water partition coefficient (Wildman–Crippen LogP) is 2.59. The number of nitrogens with zero attached hydrogens (tertiary/aromatic N) is 4. The molecule has 2 unspecified atom stereocenters. The quantitative estimate of drug-likeness (QED) is 0.612. The molecule has 1 aliphatic heterocycles. The average Bonchev–Trinajstić information content (AvgIpc) is 3.17. The number of likely N-dealkylation sites (tertiary alicyclic amines) is 1. The smallest absolute Gasteiger partial charge is 0.315 e. The van der Waals surface area contributed by atoms with E-state index < -0.39 is 47.7 Å². The van der Waals surface area contributed by atoms with E-state index in [-0.39, 0.29) is 23.8 Å². The molecule has 0 spiro atoms. The van der Waals surface area contributed by atoms with Crippen LogP contribution in [0.1, 0.15) is 46.2 Å². The third-order valence-electron chi connectivity index (χ3n) is 7.62. The first-order valence-electron chi connectivity index (χ1n) is 12.1. The summed E-state index contributed by atoms with van der Waals surface area (Å²) >= 11 is 0. The van der Waals surface area contributed by atoms with Crippen LogP contribution in [0.4, 0.5) is 8.78 Å². The number of hydrogen-bond acceptors (Lipinski definition) is 6. The van der Waals surface area contributed by atoms with Gasteiger partial charge in [0.1, 0.15) is 18.1 Å².